The molecular formula is C28H31N7O2. The molecule has 2 aromatic heterocycles. The van der Waals surface area contributed by atoms with Crippen molar-refractivity contribution in [1.29, 1.82) is 0 Å². The highest BCUT2D eigenvalue weighted by atomic mass is 16.5. The predicted molar refractivity (Wildman–Crippen MR) is 145 cm³/mol. The van der Waals surface area contributed by atoms with Crippen LogP contribution in [0, 0.1) is 0 Å². The Labute approximate surface area is 215 Å². The number of hydrogen-bond donors (Lipinski definition) is 2. The van der Waals surface area contributed by atoms with Crippen LogP contribution in [0.5, 0.6) is 5.75 Å². The van der Waals surface area contributed by atoms with E-state index in [1.54, 1.807) is 10.6 Å². The molecule has 0 atom stereocenters. The van der Waals surface area contributed by atoms with Crippen molar-refractivity contribution in [3.05, 3.63) is 76.6 Å². The van der Waals surface area contributed by atoms with Gasteiger partial charge in [-0.1, -0.05) is 43.2 Å². The number of fused-ring (bicyclic) bond motifs is 1. The largest absolute Gasteiger partial charge is 0.483 e. The summed E-state index contributed by atoms with van der Waals surface area (Å²) in [6, 6.07) is 19.8. The summed E-state index contributed by atoms with van der Waals surface area (Å²) in [5.41, 5.74) is 4.00. The quantitative estimate of drug-likeness (QED) is 0.395. The molecule has 2 aliphatic rings. The zero-order valence-corrected chi connectivity index (χ0v) is 20.8. The maximum atomic E-state index is 13.6. The van der Waals surface area contributed by atoms with Crippen LogP contribution in [0.25, 0.3) is 11.2 Å². The lowest BCUT2D eigenvalue weighted by molar-refractivity contribution is 0.298. The van der Waals surface area contributed by atoms with E-state index < -0.39 is 0 Å². The van der Waals surface area contributed by atoms with Gasteiger partial charge in [-0.3, -0.25) is 9.36 Å². The number of piperazine rings is 1. The Hall–Kier alpha value is -3.98. The summed E-state index contributed by atoms with van der Waals surface area (Å²) < 4.78 is 7.74. The predicted octanol–water partition coefficient (Wildman–Crippen LogP) is 4.03. The van der Waals surface area contributed by atoms with E-state index in [1.807, 2.05) is 42.5 Å². The van der Waals surface area contributed by atoms with Gasteiger partial charge in [-0.25, -0.2) is 0 Å². The minimum Gasteiger partial charge on any atom is -0.483 e. The Morgan fingerprint density at radius 1 is 0.973 bits per heavy atom. The van der Waals surface area contributed by atoms with Crippen LogP contribution in [-0.4, -0.2) is 45.9 Å². The standard InChI is InChI=1S/C28H31N7O2/c36-27-25(37-19-20-6-2-1-3-7-20)18-24-26(35(27)23-8-4-5-9-23)31-28(33-32-24)30-21-10-12-22(13-11-21)34-16-14-29-15-17-34/h1-3,6-7,10-13,18,23,29H,4-5,8-9,14-17,19H2,(H,30,31,33). The smallest absolute Gasteiger partial charge is 0.294 e. The van der Waals surface area contributed by atoms with Crippen molar-refractivity contribution < 1.29 is 4.74 Å². The van der Waals surface area contributed by atoms with Crippen molar-refractivity contribution in [2.24, 2.45) is 0 Å². The molecule has 0 bridgehead atoms. The second-order valence-corrected chi connectivity index (χ2v) is 9.65. The second kappa shape index (κ2) is 10.6. The number of rotatable bonds is 7. The van der Waals surface area contributed by atoms with Gasteiger partial charge in [-0.2, -0.15) is 4.98 Å². The fraction of sp³-hybridized carbons (Fsp3) is 0.357. The molecule has 37 heavy (non-hydrogen) atoms. The number of nitrogens with zero attached hydrogens (tertiary/aromatic N) is 5. The minimum absolute atomic E-state index is 0.0816. The zero-order chi connectivity index (χ0) is 25.0. The molecule has 2 aromatic carbocycles. The van der Waals surface area contributed by atoms with Crippen LogP contribution >= 0.6 is 0 Å². The summed E-state index contributed by atoms with van der Waals surface area (Å²) >= 11 is 0. The first-order valence-corrected chi connectivity index (χ1v) is 13.0. The molecule has 9 nitrogen and oxygen atoms in total. The molecule has 0 amide bonds. The first kappa shape index (κ1) is 23.4. The molecular weight excluding hydrogens is 466 g/mol. The molecule has 1 saturated heterocycles. The topological polar surface area (TPSA) is 97.2 Å². The molecule has 4 aromatic rings. The van der Waals surface area contributed by atoms with Crippen LogP contribution in [0.2, 0.25) is 0 Å². The number of anilines is 3. The van der Waals surface area contributed by atoms with Gasteiger partial charge in [0.05, 0.1) is 0 Å². The van der Waals surface area contributed by atoms with Gasteiger partial charge in [0, 0.05) is 49.7 Å². The lowest BCUT2D eigenvalue weighted by atomic mass is 10.2. The molecule has 0 unspecified atom stereocenters. The number of aromatic nitrogens is 4. The Morgan fingerprint density at radius 2 is 1.73 bits per heavy atom. The zero-order valence-electron chi connectivity index (χ0n) is 20.8. The van der Waals surface area contributed by atoms with Crippen LogP contribution in [0.4, 0.5) is 17.3 Å². The lowest BCUT2D eigenvalue weighted by Crippen LogP contribution is -2.43. The van der Waals surface area contributed by atoms with Crippen molar-refractivity contribution in [2.45, 2.75) is 38.3 Å². The molecule has 1 aliphatic heterocycles. The van der Waals surface area contributed by atoms with E-state index in [2.05, 4.69) is 37.9 Å². The van der Waals surface area contributed by atoms with Gasteiger partial charge in [-0.05, 0) is 42.7 Å². The van der Waals surface area contributed by atoms with E-state index in [0.717, 1.165) is 63.1 Å². The molecule has 3 heterocycles. The highest BCUT2D eigenvalue weighted by Crippen LogP contribution is 2.31. The summed E-state index contributed by atoms with van der Waals surface area (Å²) in [6.45, 7) is 4.31. The van der Waals surface area contributed by atoms with Gasteiger partial charge in [0.1, 0.15) is 12.1 Å². The molecule has 0 spiro atoms. The molecule has 1 aliphatic carbocycles. The second-order valence-electron chi connectivity index (χ2n) is 9.65. The molecule has 190 valence electrons. The van der Waals surface area contributed by atoms with Gasteiger partial charge in [0.2, 0.25) is 5.95 Å². The van der Waals surface area contributed by atoms with Crippen molar-refractivity contribution in [3.8, 4) is 5.75 Å². The molecule has 6 rings (SSSR count). The molecule has 0 radical (unpaired) electrons. The number of ether oxygens (including phenoxy) is 1. The monoisotopic (exact) mass is 497 g/mol. The third-order valence-corrected chi connectivity index (χ3v) is 7.15. The average Bonchev–Trinajstić information content (AvgIpc) is 3.48. The lowest BCUT2D eigenvalue weighted by Gasteiger charge is -2.29. The van der Waals surface area contributed by atoms with E-state index >= 15 is 0 Å². The summed E-state index contributed by atoms with van der Waals surface area (Å²) in [5.74, 6) is 0.648. The molecule has 9 heteroatoms. The Kier molecular flexibility index (Phi) is 6.68. The van der Waals surface area contributed by atoms with Gasteiger partial charge >= 0.3 is 0 Å². The van der Waals surface area contributed by atoms with Gasteiger partial charge in [-0.15, -0.1) is 10.2 Å². The van der Waals surface area contributed by atoms with Crippen LogP contribution in [0.15, 0.2) is 65.5 Å². The first-order chi connectivity index (χ1) is 18.2. The summed E-state index contributed by atoms with van der Waals surface area (Å²) in [6.07, 6.45) is 4.07. The van der Waals surface area contributed by atoms with E-state index in [4.69, 9.17) is 9.72 Å². The first-order valence-electron chi connectivity index (χ1n) is 13.0. The average molecular weight is 498 g/mol. The van der Waals surface area contributed by atoms with Gasteiger partial charge in [0.15, 0.2) is 11.4 Å². The van der Waals surface area contributed by atoms with Gasteiger partial charge in [0.25, 0.3) is 5.56 Å². The Morgan fingerprint density at radius 3 is 2.49 bits per heavy atom. The maximum Gasteiger partial charge on any atom is 0.294 e. The number of nitrogens with one attached hydrogen (secondary N) is 2. The van der Waals surface area contributed by atoms with Crippen LogP contribution < -0.4 is 25.8 Å². The number of hydrogen-bond acceptors (Lipinski definition) is 8. The fourth-order valence-electron chi connectivity index (χ4n) is 5.20. The summed E-state index contributed by atoms with van der Waals surface area (Å²) in [4.78, 5) is 20.7. The van der Waals surface area contributed by atoms with E-state index in [-0.39, 0.29) is 17.4 Å². The van der Waals surface area contributed by atoms with Crippen LogP contribution in [0.1, 0.15) is 37.3 Å². The third-order valence-electron chi connectivity index (χ3n) is 7.15. The summed E-state index contributed by atoms with van der Waals surface area (Å²) in [5, 5.41) is 15.4. The molecule has 1 saturated carbocycles. The highest BCUT2D eigenvalue weighted by molar-refractivity contribution is 5.73. The Bertz CT molecular complexity index is 1410. The summed E-state index contributed by atoms with van der Waals surface area (Å²) in [7, 11) is 0. The number of pyridine rings is 1. The van der Waals surface area contributed by atoms with Crippen molar-refractivity contribution in [2.75, 3.05) is 36.4 Å². The maximum absolute atomic E-state index is 13.6. The van der Waals surface area contributed by atoms with Gasteiger partial charge < -0.3 is 20.3 Å². The van der Waals surface area contributed by atoms with Crippen molar-refractivity contribution >= 4 is 28.5 Å². The normalized spacial score (nSPS) is 16.3. The fourth-order valence-corrected chi connectivity index (χ4v) is 5.20. The van der Waals surface area contributed by atoms with E-state index in [0.29, 0.717) is 23.7 Å². The molecule has 2 fully saturated rings. The van der Waals surface area contributed by atoms with Crippen LogP contribution in [0.3, 0.4) is 0 Å². The highest BCUT2D eigenvalue weighted by Gasteiger charge is 2.24. The SMILES string of the molecule is O=c1c(OCc2ccccc2)cc2nnc(Nc3ccc(N4CCNCC4)cc3)nc2n1C1CCCC1. The minimum atomic E-state index is -0.165. The van der Waals surface area contributed by atoms with Crippen molar-refractivity contribution in [1.82, 2.24) is 25.1 Å². The molecule has 2 N–H and O–H groups in total. The van der Waals surface area contributed by atoms with E-state index in [9.17, 15) is 4.79 Å². The number of benzene rings is 2. The van der Waals surface area contributed by atoms with E-state index in [1.165, 1.54) is 5.69 Å². The third kappa shape index (κ3) is 5.13. The van der Waals surface area contributed by atoms with Crippen molar-refractivity contribution in [3.63, 3.8) is 0 Å². The van der Waals surface area contributed by atoms with Crippen LogP contribution in [-0.2, 0) is 6.61 Å². The Balaban J connectivity index is 1.29.